The maximum Gasteiger partial charge on any atom is 0.631 e. The highest BCUT2D eigenvalue weighted by molar-refractivity contribution is 6.30. The summed E-state index contributed by atoms with van der Waals surface area (Å²) in [5, 5.41) is 31.5. The lowest BCUT2D eigenvalue weighted by molar-refractivity contribution is -0.147. The van der Waals surface area contributed by atoms with Crippen LogP contribution in [0.2, 0.25) is 0 Å². The quantitative estimate of drug-likeness (QED) is 0.302. The van der Waals surface area contributed by atoms with Gasteiger partial charge in [0.05, 0.1) is 11.2 Å². The van der Waals surface area contributed by atoms with Crippen molar-refractivity contribution in [1.29, 1.82) is 0 Å². The van der Waals surface area contributed by atoms with E-state index in [-0.39, 0.29) is 0 Å². The van der Waals surface area contributed by atoms with Crippen molar-refractivity contribution < 1.29 is 24.9 Å². The molecule has 0 saturated carbocycles. The molecule has 6 heteroatoms. The Labute approximate surface area is 149 Å². The molecule has 4 N–H and O–H groups in total. The molecule has 0 atom stereocenters. The minimum atomic E-state index is -2.17. The Kier molecular flexibility index (Phi) is 16.5. The van der Waals surface area contributed by atoms with Gasteiger partial charge in [0.1, 0.15) is 0 Å². The number of unbranched alkanes of at least 4 members (excludes halogenated alkanes) is 9. The molecule has 0 aliphatic rings. The molecule has 5 nitrogen and oxygen atoms in total. The van der Waals surface area contributed by atoms with Crippen LogP contribution in [0.15, 0.2) is 0 Å². The van der Waals surface area contributed by atoms with Crippen LogP contribution in [-0.4, -0.2) is 45.3 Å². The summed E-state index contributed by atoms with van der Waals surface area (Å²) in [6.07, 6.45) is 13.4. The molecule has 0 aliphatic heterocycles. The van der Waals surface area contributed by atoms with Crippen LogP contribution in [0.1, 0.15) is 98.8 Å². The molecule has 0 saturated heterocycles. The molecule has 0 aromatic carbocycles. The largest absolute Gasteiger partial charge is 0.631 e. The van der Waals surface area contributed by atoms with Gasteiger partial charge >= 0.3 is 7.32 Å². The monoisotopic (exact) mass is 348 g/mol. The number of rotatable bonds is 13. The third-order valence-corrected chi connectivity index (χ3v) is 4.43. The maximum absolute atomic E-state index is 9.98. The summed E-state index contributed by atoms with van der Waals surface area (Å²) in [6, 6.07) is 0. The first-order valence-corrected chi connectivity index (χ1v) is 9.45. The van der Waals surface area contributed by atoms with Crippen molar-refractivity contribution >= 4 is 7.32 Å². The van der Waals surface area contributed by atoms with E-state index in [2.05, 4.69) is 6.92 Å². The lowest BCUT2D eigenvalue weighted by atomic mass is 9.89. The van der Waals surface area contributed by atoms with Gasteiger partial charge in [-0.15, -0.1) is 0 Å². The molecule has 0 aromatic heterocycles. The predicted molar refractivity (Wildman–Crippen MR) is 101 cm³/mol. The summed E-state index contributed by atoms with van der Waals surface area (Å²) in [5.41, 5.74) is -1.25. The Morgan fingerprint density at radius 1 is 0.708 bits per heavy atom. The third-order valence-electron chi connectivity index (χ3n) is 4.43. The van der Waals surface area contributed by atoms with E-state index < -0.39 is 18.5 Å². The summed E-state index contributed by atoms with van der Waals surface area (Å²) >= 11 is 0. The Morgan fingerprint density at radius 2 is 1.04 bits per heavy atom. The minimum Gasteiger partial charge on any atom is -0.402 e. The van der Waals surface area contributed by atoms with Crippen LogP contribution in [-0.2, 0) is 4.74 Å². The van der Waals surface area contributed by atoms with Crippen LogP contribution >= 0.6 is 0 Å². The highest BCUT2D eigenvalue weighted by Gasteiger charge is 2.35. The summed E-state index contributed by atoms with van der Waals surface area (Å²) in [6.45, 7) is 10.6. The lowest BCUT2D eigenvalue weighted by Crippen LogP contribution is -2.47. The zero-order valence-corrected chi connectivity index (χ0v) is 16.6. The fourth-order valence-corrected chi connectivity index (χ4v) is 2.09. The van der Waals surface area contributed by atoms with Crippen molar-refractivity contribution in [1.82, 2.24) is 0 Å². The van der Waals surface area contributed by atoms with Gasteiger partial charge in [-0.25, -0.2) is 0 Å². The van der Waals surface area contributed by atoms with Gasteiger partial charge in [-0.3, -0.25) is 0 Å². The predicted octanol–water partition coefficient (Wildman–Crippen LogP) is 3.42. The molecule has 0 spiro atoms. The number of aliphatic hydroxyl groups is 1. The van der Waals surface area contributed by atoms with E-state index in [0.717, 1.165) is 13.0 Å². The number of hydrogen-bond donors (Lipinski definition) is 4. The molecule has 0 radical (unpaired) electrons. The van der Waals surface area contributed by atoms with Crippen molar-refractivity contribution in [3.05, 3.63) is 0 Å². The minimum absolute atomic E-state index is 0.466. The van der Waals surface area contributed by atoms with E-state index in [1.54, 1.807) is 0 Å². The highest BCUT2D eigenvalue weighted by atomic mass is 16.5. The van der Waals surface area contributed by atoms with E-state index in [1.165, 1.54) is 57.8 Å². The average Bonchev–Trinajstić information content (AvgIpc) is 2.43. The molecule has 0 rings (SSSR count). The molecular weight excluding hydrogens is 307 g/mol. The Hall–Kier alpha value is -0.135. The Bertz CT molecular complexity index is 262. The van der Waals surface area contributed by atoms with Gasteiger partial charge < -0.3 is 24.9 Å². The number of hydrogen-bond acceptors (Lipinski definition) is 5. The zero-order chi connectivity index (χ0) is 19.1. The molecule has 0 amide bonds. The Morgan fingerprint density at radius 3 is 1.38 bits per heavy atom. The standard InChI is InChI=1S/C18H38O2.BH3O3/c1-6-7-8-9-10-11-12-13-14-15-16-20-18(4,5)17(2,3)19;2-1(3)4/h19H,6-16H2,1-5H3;2-4H. The van der Waals surface area contributed by atoms with Crippen molar-refractivity contribution in [3.8, 4) is 0 Å². The van der Waals surface area contributed by atoms with Gasteiger partial charge in [-0.05, 0) is 34.1 Å². The van der Waals surface area contributed by atoms with Crippen LogP contribution in [0.5, 0.6) is 0 Å². The molecule has 0 fully saturated rings. The van der Waals surface area contributed by atoms with E-state index in [9.17, 15) is 5.11 Å². The van der Waals surface area contributed by atoms with Crippen LogP contribution in [0, 0.1) is 0 Å². The van der Waals surface area contributed by atoms with Crippen molar-refractivity contribution in [2.45, 2.75) is 110 Å². The van der Waals surface area contributed by atoms with E-state index >= 15 is 0 Å². The molecule has 0 bridgehead atoms. The fourth-order valence-electron chi connectivity index (χ4n) is 2.09. The summed E-state index contributed by atoms with van der Waals surface area (Å²) in [7, 11) is -2.17. The van der Waals surface area contributed by atoms with Gasteiger partial charge in [-0.1, -0.05) is 64.7 Å². The first kappa shape index (κ1) is 26.1. The molecule has 0 heterocycles. The summed E-state index contributed by atoms with van der Waals surface area (Å²) in [5.74, 6) is 0. The average molecular weight is 348 g/mol. The highest BCUT2D eigenvalue weighted by Crippen LogP contribution is 2.25. The van der Waals surface area contributed by atoms with Crippen molar-refractivity contribution in [2.24, 2.45) is 0 Å². The fraction of sp³-hybridized carbons (Fsp3) is 1.00. The summed E-state index contributed by atoms with van der Waals surface area (Å²) in [4.78, 5) is 0. The zero-order valence-electron chi connectivity index (χ0n) is 16.6. The van der Waals surface area contributed by atoms with E-state index in [1.807, 2.05) is 27.7 Å². The molecule has 0 aromatic rings. The first-order chi connectivity index (χ1) is 11.0. The van der Waals surface area contributed by atoms with Crippen molar-refractivity contribution in [3.63, 3.8) is 0 Å². The maximum atomic E-state index is 9.98. The smallest absolute Gasteiger partial charge is 0.402 e. The first-order valence-electron chi connectivity index (χ1n) is 9.45. The second-order valence-corrected chi connectivity index (χ2v) is 7.45. The van der Waals surface area contributed by atoms with Crippen molar-refractivity contribution in [2.75, 3.05) is 6.61 Å². The molecule has 146 valence electrons. The van der Waals surface area contributed by atoms with Gasteiger partial charge in [0.25, 0.3) is 0 Å². The van der Waals surface area contributed by atoms with Crippen LogP contribution in [0.25, 0.3) is 0 Å². The van der Waals surface area contributed by atoms with Gasteiger partial charge in [-0.2, -0.15) is 0 Å². The van der Waals surface area contributed by atoms with Crippen LogP contribution in [0.3, 0.4) is 0 Å². The second-order valence-electron chi connectivity index (χ2n) is 7.45. The number of ether oxygens (including phenoxy) is 1. The lowest BCUT2D eigenvalue weighted by Gasteiger charge is -2.37. The molecule has 0 aliphatic carbocycles. The van der Waals surface area contributed by atoms with Gasteiger partial charge in [0.2, 0.25) is 0 Å². The van der Waals surface area contributed by atoms with Gasteiger partial charge in [0, 0.05) is 6.61 Å². The Balaban J connectivity index is 0. The SMILES string of the molecule is CCCCCCCCCCCCOC(C)(C)C(C)(C)O.OB(O)O. The van der Waals surface area contributed by atoms with Crippen LogP contribution in [0.4, 0.5) is 0 Å². The molecule has 24 heavy (non-hydrogen) atoms. The molecular formula is C18H41BO5. The van der Waals surface area contributed by atoms with Gasteiger partial charge in [0.15, 0.2) is 0 Å². The topological polar surface area (TPSA) is 90.2 Å². The van der Waals surface area contributed by atoms with E-state index in [4.69, 9.17) is 19.8 Å². The molecule has 0 unspecified atom stereocenters. The van der Waals surface area contributed by atoms with Crippen LogP contribution < -0.4 is 0 Å². The second kappa shape index (κ2) is 15.1. The summed E-state index contributed by atoms with van der Waals surface area (Å²) < 4.78 is 5.82. The third kappa shape index (κ3) is 18.2. The van der Waals surface area contributed by atoms with E-state index in [0.29, 0.717) is 0 Å². The normalized spacial score (nSPS) is 11.9.